The molecule has 1 aliphatic rings. The highest BCUT2D eigenvalue weighted by molar-refractivity contribution is 7.80. The second kappa shape index (κ2) is 6.09. The van der Waals surface area contributed by atoms with Crippen LogP contribution in [0.3, 0.4) is 0 Å². The van der Waals surface area contributed by atoms with Crippen molar-refractivity contribution >= 4 is 35.0 Å². The summed E-state index contributed by atoms with van der Waals surface area (Å²) in [6, 6.07) is 13.7. The molecule has 0 radical (unpaired) electrons. The molecule has 1 heterocycles. The molecule has 1 saturated heterocycles. The fourth-order valence-electron chi connectivity index (χ4n) is 2.38. The molecule has 0 aliphatic carbocycles. The van der Waals surface area contributed by atoms with Crippen LogP contribution in [0, 0.1) is 0 Å². The van der Waals surface area contributed by atoms with E-state index in [9.17, 15) is 18.0 Å². The zero-order valence-corrected chi connectivity index (χ0v) is 13.0. The van der Waals surface area contributed by atoms with Gasteiger partial charge in [-0.2, -0.15) is 13.2 Å². The van der Waals surface area contributed by atoms with Gasteiger partial charge in [0.05, 0.1) is 11.3 Å². The molecule has 0 spiro atoms. The SMILES string of the molecule is O=C1/C(=C/c2ccccc2C(F)(F)F)NC(=S)N1c1ccccc1. The van der Waals surface area contributed by atoms with Gasteiger partial charge in [0.15, 0.2) is 5.11 Å². The van der Waals surface area contributed by atoms with Crippen molar-refractivity contribution in [2.75, 3.05) is 4.90 Å². The van der Waals surface area contributed by atoms with Gasteiger partial charge in [0.1, 0.15) is 5.70 Å². The number of alkyl halides is 3. The maximum Gasteiger partial charge on any atom is 0.416 e. The van der Waals surface area contributed by atoms with Gasteiger partial charge >= 0.3 is 6.18 Å². The maximum atomic E-state index is 13.1. The number of anilines is 1. The zero-order valence-electron chi connectivity index (χ0n) is 12.2. The third-order valence-corrected chi connectivity index (χ3v) is 3.74. The van der Waals surface area contributed by atoms with Gasteiger partial charge in [0, 0.05) is 0 Å². The summed E-state index contributed by atoms with van der Waals surface area (Å²) in [4.78, 5) is 13.8. The molecule has 0 unspecified atom stereocenters. The molecule has 7 heteroatoms. The third-order valence-electron chi connectivity index (χ3n) is 3.46. The van der Waals surface area contributed by atoms with E-state index < -0.39 is 17.6 Å². The number of halogens is 3. The number of nitrogens with zero attached hydrogens (tertiary/aromatic N) is 1. The van der Waals surface area contributed by atoms with Crippen LogP contribution in [-0.2, 0) is 11.0 Å². The predicted octanol–water partition coefficient (Wildman–Crippen LogP) is 3.97. The normalized spacial score (nSPS) is 16.6. The van der Waals surface area contributed by atoms with Gasteiger partial charge in [-0.15, -0.1) is 0 Å². The first-order valence-electron chi connectivity index (χ1n) is 6.96. The van der Waals surface area contributed by atoms with Crippen molar-refractivity contribution in [2.45, 2.75) is 6.18 Å². The van der Waals surface area contributed by atoms with Crippen molar-refractivity contribution in [3.63, 3.8) is 0 Å². The molecule has 3 nitrogen and oxygen atoms in total. The fourth-order valence-corrected chi connectivity index (χ4v) is 2.68. The zero-order chi connectivity index (χ0) is 17.3. The van der Waals surface area contributed by atoms with Crippen molar-refractivity contribution in [1.82, 2.24) is 5.32 Å². The Morgan fingerprint density at radius 2 is 1.62 bits per heavy atom. The van der Waals surface area contributed by atoms with Crippen LogP contribution in [0.2, 0.25) is 0 Å². The van der Waals surface area contributed by atoms with E-state index in [2.05, 4.69) is 5.32 Å². The Balaban J connectivity index is 1.99. The molecular weight excluding hydrogens is 337 g/mol. The quantitative estimate of drug-likeness (QED) is 0.658. The van der Waals surface area contributed by atoms with Crippen LogP contribution in [0.4, 0.5) is 18.9 Å². The smallest absolute Gasteiger partial charge is 0.327 e. The minimum absolute atomic E-state index is 0.000512. The number of nitrogens with one attached hydrogen (secondary N) is 1. The standard InChI is InChI=1S/C17H11F3N2OS/c18-17(19,20)13-9-5-4-6-11(13)10-14-15(23)22(16(24)21-14)12-7-2-1-3-8-12/h1-10H,(H,21,24)/b14-10-. The van der Waals surface area contributed by atoms with Crippen molar-refractivity contribution < 1.29 is 18.0 Å². The Morgan fingerprint density at radius 1 is 1.00 bits per heavy atom. The number of rotatable bonds is 2. The summed E-state index contributed by atoms with van der Waals surface area (Å²) in [5.74, 6) is -0.497. The highest BCUT2D eigenvalue weighted by Gasteiger charge is 2.35. The predicted molar refractivity (Wildman–Crippen MR) is 89.1 cm³/mol. The van der Waals surface area contributed by atoms with Crippen molar-refractivity contribution in [1.29, 1.82) is 0 Å². The number of carbonyl (C=O) groups excluding carboxylic acids is 1. The lowest BCUT2D eigenvalue weighted by molar-refractivity contribution is -0.137. The summed E-state index contributed by atoms with van der Waals surface area (Å²) in [6.07, 6.45) is -3.34. The largest absolute Gasteiger partial charge is 0.416 e. The average molecular weight is 348 g/mol. The number of para-hydroxylation sites is 1. The lowest BCUT2D eigenvalue weighted by Crippen LogP contribution is -2.30. The van der Waals surface area contributed by atoms with E-state index in [1.54, 1.807) is 30.3 Å². The molecule has 0 bridgehead atoms. The number of benzene rings is 2. The third kappa shape index (κ3) is 3.03. The summed E-state index contributed by atoms with van der Waals surface area (Å²) in [5.41, 5.74) is -0.359. The van der Waals surface area contributed by atoms with Gasteiger partial charge in [-0.25, -0.2) is 0 Å². The van der Waals surface area contributed by atoms with Gasteiger partial charge in [0.25, 0.3) is 5.91 Å². The van der Waals surface area contributed by atoms with Gasteiger partial charge in [0.2, 0.25) is 0 Å². The van der Waals surface area contributed by atoms with Gasteiger partial charge < -0.3 is 5.32 Å². The maximum absolute atomic E-state index is 13.1. The lowest BCUT2D eigenvalue weighted by atomic mass is 10.1. The number of amides is 1. The molecule has 0 aromatic heterocycles. The van der Waals surface area contributed by atoms with Crippen molar-refractivity contribution in [3.05, 3.63) is 71.4 Å². The average Bonchev–Trinajstić information content (AvgIpc) is 2.82. The summed E-state index contributed by atoms with van der Waals surface area (Å²) in [5, 5.41) is 2.81. The molecule has 1 N–H and O–H groups in total. The minimum Gasteiger partial charge on any atom is -0.327 e. The Kier molecular flexibility index (Phi) is 4.11. The van der Waals surface area contributed by atoms with Crippen LogP contribution in [-0.4, -0.2) is 11.0 Å². The van der Waals surface area contributed by atoms with E-state index in [0.717, 1.165) is 6.07 Å². The van der Waals surface area contributed by atoms with E-state index >= 15 is 0 Å². The van der Waals surface area contributed by atoms with E-state index in [-0.39, 0.29) is 16.4 Å². The number of carbonyl (C=O) groups is 1. The first kappa shape index (κ1) is 16.2. The van der Waals surface area contributed by atoms with E-state index in [4.69, 9.17) is 12.2 Å². The molecule has 2 aromatic carbocycles. The fraction of sp³-hybridized carbons (Fsp3) is 0.0588. The number of hydrogen-bond acceptors (Lipinski definition) is 2. The number of hydrogen-bond donors (Lipinski definition) is 1. The summed E-state index contributed by atoms with van der Waals surface area (Å²) < 4.78 is 39.2. The van der Waals surface area contributed by atoms with Crippen LogP contribution in [0.5, 0.6) is 0 Å². The minimum atomic E-state index is -4.51. The van der Waals surface area contributed by atoms with Crippen molar-refractivity contribution in [2.24, 2.45) is 0 Å². The molecule has 3 rings (SSSR count). The number of thiocarbonyl (C=S) groups is 1. The second-order valence-corrected chi connectivity index (χ2v) is 5.44. The Morgan fingerprint density at radius 3 is 2.29 bits per heavy atom. The summed E-state index contributed by atoms with van der Waals surface area (Å²) >= 11 is 5.13. The Bertz CT molecular complexity index is 831. The first-order chi connectivity index (χ1) is 11.4. The lowest BCUT2D eigenvalue weighted by Gasteiger charge is -2.13. The molecule has 1 amide bonds. The van der Waals surface area contributed by atoms with Crippen LogP contribution in [0.25, 0.3) is 6.08 Å². The summed E-state index contributed by atoms with van der Waals surface area (Å²) in [6.45, 7) is 0. The van der Waals surface area contributed by atoms with Crippen LogP contribution in [0.1, 0.15) is 11.1 Å². The first-order valence-corrected chi connectivity index (χ1v) is 7.37. The molecule has 1 fully saturated rings. The highest BCUT2D eigenvalue weighted by atomic mass is 32.1. The molecule has 2 aromatic rings. The second-order valence-electron chi connectivity index (χ2n) is 5.05. The molecule has 0 saturated carbocycles. The monoisotopic (exact) mass is 348 g/mol. The van der Waals surface area contributed by atoms with E-state index in [1.165, 1.54) is 29.2 Å². The van der Waals surface area contributed by atoms with Gasteiger partial charge in [-0.05, 0) is 42.1 Å². The van der Waals surface area contributed by atoms with E-state index in [0.29, 0.717) is 5.69 Å². The highest BCUT2D eigenvalue weighted by Crippen LogP contribution is 2.33. The van der Waals surface area contributed by atoms with Crippen molar-refractivity contribution in [3.8, 4) is 0 Å². The summed E-state index contributed by atoms with van der Waals surface area (Å²) in [7, 11) is 0. The van der Waals surface area contributed by atoms with Crippen LogP contribution in [0.15, 0.2) is 60.3 Å². The Hall–Kier alpha value is -2.67. The molecule has 122 valence electrons. The van der Waals surface area contributed by atoms with Crippen LogP contribution >= 0.6 is 12.2 Å². The Labute approximate surface area is 141 Å². The van der Waals surface area contributed by atoms with Crippen LogP contribution < -0.4 is 10.2 Å². The molecule has 24 heavy (non-hydrogen) atoms. The van der Waals surface area contributed by atoms with E-state index in [1.807, 2.05) is 0 Å². The molecule has 1 aliphatic heterocycles. The molecule has 0 atom stereocenters. The topological polar surface area (TPSA) is 32.3 Å². The van der Waals surface area contributed by atoms with Gasteiger partial charge in [-0.3, -0.25) is 9.69 Å². The van der Waals surface area contributed by atoms with Gasteiger partial charge in [-0.1, -0.05) is 36.4 Å². The molecular formula is C17H11F3N2OS.